The Bertz CT molecular complexity index is 1210. The number of nitrogens with one attached hydrogen (secondary N) is 1. The van der Waals surface area contributed by atoms with Crippen LogP contribution in [-0.2, 0) is 23.8 Å². The van der Waals surface area contributed by atoms with Crippen LogP contribution in [0.1, 0.15) is 42.1 Å². The molecule has 0 aliphatic carbocycles. The van der Waals surface area contributed by atoms with Crippen molar-refractivity contribution >= 4 is 27.7 Å². The van der Waals surface area contributed by atoms with E-state index in [9.17, 15) is 18.0 Å². The first-order chi connectivity index (χ1) is 17.6. The number of nitrogens with zero attached hydrogens (tertiary/aromatic N) is 1. The molecule has 1 aliphatic rings. The third-order valence-corrected chi connectivity index (χ3v) is 7.54. The lowest BCUT2D eigenvalue weighted by molar-refractivity contribution is -0.145. The maximum absolute atomic E-state index is 13.8. The Hall–Kier alpha value is -3.31. The number of esters is 1. The zero-order valence-electron chi connectivity index (χ0n) is 21.8. The van der Waals surface area contributed by atoms with Crippen LogP contribution in [0, 0.1) is 6.92 Å². The highest BCUT2D eigenvalue weighted by molar-refractivity contribution is 7.86. The standard InChI is InChI=1S/C26H34N2O8S/c1-6-7-12-27-21-15-24(34-4)23(33-3)14-20(21)25(29)28-16-18(13-22(28)26(30)35-5)36-37(31,32)19-10-8-17(2)9-11-19/h8-11,14-15,18,22,27H,6-7,12-13,16H2,1-5H3/t18-,22+/m1/s1. The second-order valence-corrected chi connectivity index (χ2v) is 10.3. The summed E-state index contributed by atoms with van der Waals surface area (Å²) in [6.07, 6.45) is 0.865. The van der Waals surface area contributed by atoms with Crippen LogP contribution in [0.5, 0.6) is 11.5 Å². The molecular weight excluding hydrogens is 500 g/mol. The summed E-state index contributed by atoms with van der Waals surface area (Å²) in [5.74, 6) is -0.368. The number of benzene rings is 2. The van der Waals surface area contributed by atoms with E-state index in [4.69, 9.17) is 18.4 Å². The summed E-state index contributed by atoms with van der Waals surface area (Å²) in [6.45, 7) is 4.40. The number of carbonyl (C=O) groups excluding carboxylic acids is 2. The predicted molar refractivity (Wildman–Crippen MR) is 138 cm³/mol. The normalized spacial score (nSPS) is 17.4. The molecule has 202 valence electrons. The first-order valence-electron chi connectivity index (χ1n) is 12.0. The van der Waals surface area contributed by atoms with Gasteiger partial charge in [-0.3, -0.25) is 8.98 Å². The van der Waals surface area contributed by atoms with Crippen molar-refractivity contribution in [1.82, 2.24) is 4.90 Å². The van der Waals surface area contributed by atoms with Crippen molar-refractivity contribution < 1.29 is 36.4 Å². The summed E-state index contributed by atoms with van der Waals surface area (Å²) in [5.41, 5.74) is 1.67. The van der Waals surface area contributed by atoms with E-state index in [1.165, 1.54) is 38.4 Å². The molecule has 2 aromatic carbocycles. The summed E-state index contributed by atoms with van der Waals surface area (Å²) < 4.78 is 46.9. The van der Waals surface area contributed by atoms with Crippen LogP contribution in [-0.4, -0.2) is 71.8 Å². The lowest BCUT2D eigenvalue weighted by Gasteiger charge is -2.24. The van der Waals surface area contributed by atoms with Crippen LogP contribution in [0.25, 0.3) is 0 Å². The number of amides is 1. The van der Waals surface area contributed by atoms with Crippen LogP contribution >= 0.6 is 0 Å². The minimum Gasteiger partial charge on any atom is -0.493 e. The second kappa shape index (κ2) is 12.3. The third kappa shape index (κ3) is 6.53. The first kappa shape index (κ1) is 28.3. The number of ether oxygens (including phenoxy) is 3. The summed E-state index contributed by atoms with van der Waals surface area (Å²) in [6, 6.07) is 8.44. The van der Waals surface area contributed by atoms with Gasteiger partial charge < -0.3 is 24.4 Å². The van der Waals surface area contributed by atoms with Gasteiger partial charge in [-0.1, -0.05) is 31.0 Å². The van der Waals surface area contributed by atoms with E-state index in [1.54, 1.807) is 24.3 Å². The number of anilines is 1. The van der Waals surface area contributed by atoms with Crippen LogP contribution in [0.3, 0.4) is 0 Å². The number of hydrogen-bond donors (Lipinski definition) is 1. The first-order valence-corrected chi connectivity index (χ1v) is 13.4. The molecule has 0 unspecified atom stereocenters. The fraction of sp³-hybridized carbons (Fsp3) is 0.462. The number of hydrogen-bond acceptors (Lipinski definition) is 9. The van der Waals surface area contributed by atoms with Crippen molar-refractivity contribution in [2.24, 2.45) is 0 Å². The van der Waals surface area contributed by atoms with E-state index in [0.29, 0.717) is 23.7 Å². The number of carbonyl (C=O) groups is 2. The number of methoxy groups -OCH3 is 3. The minimum absolute atomic E-state index is 0.000189. The van der Waals surface area contributed by atoms with Crippen molar-refractivity contribution in [1.29, 1.82) is 0 Å². The van der Waals surface area contributed by atoms with Gasteiger partial charge in [-0.2, -0.15) is 8.42 Å². The average molecular weight is 535 g/mol. The van der Waals surface area contributed by atoms with Gasteiger partial charge in [0.1, 0.15) is 6.04 Å². The smallest absolute Gasteiger partial charge is 0.328 e. The lowest BCUT2D eigenvalue weighted by Crippen LogP contribution is -2.41. The molecule has 1 aliphatic heterocycles. The highest BCUT2D eigenvalue weighted by atomic mass is 32.2. The third-order valence-electron chi connectivity index (χ3n) is 6.17. The van der Waals surface area contributed by atoms with E-state index in [1.807, 2.05) is 6.92 Å². The van der Waals surface area contributed by atoms with Crippen LogP contribution in [0.2, 0.25) is 0 Å². The van der Waals surface area contributed by atoms with Crippen LogP contribution in [0.4, 0.5) is 5.69 Å². The molecule has 11 heteroatoms. The summed E-state index contributed by atoms with van der Waals surface area (Å²) >= 11 is 0. The Kier molecular flexibility index (Phi) is 9.39. The highest BCUT2D eigenvalue weighted by Crippen LogP contribution is 2.36. The maximum Gasteiger partial charge on any atom is 0.328 e. The molecule has 0 aromatic heterocycles. The SMILES string of the molecule is CCCCNc1cc(OC)c(OC)cc1C(=O)N1C[C@H](OS(=O)(=O)c2ccc(C)cc2)C[C@H]1C(=O)OC. The van der Waals surface area contributed by atoms with Crippen molar-refractivity contribution in [3.8, 4) is 11.5 Å². The zero-order valence-corrected chi connectivity index (χ0v) is 22.6. The van der Waals surface area contributed by atoms with E-state index < -0.39 is 34.1 Å². The zero-order chi connectivity index (χ0) is 27.2. The maximum atomic E-state index is 13.8. The Balaban J connectivity index is 1.93. The van der Waals surface area contributed by atoms with Crippen molar-refractivity contribution in [2.45, 2.75) is 50.2 Å². The molecular formula is C26H34N2O8S. The highest BCUT2D eigenvalue weighted by Gasteiger charge is 2.43. The molecule has 2 atom stereocenters. The van der Waals surface area contributed by atoms with Gasteiger partial charge in [0.05, 0.1) is 43.6 Å². The molecule has 0 saturated carbocycles. The van der Waals surface area contributed by atoms with E-state index in [-0.39, 0.29) is 23.4 Å². The lowest BCUT2D eigenvalue weighted by atomic mass is 10.1. The van der Waals surface area contributed by atoms with Gasteiger partial charge in [-0.25, -0.2) is 4.79 Å². The molecule has 1 N–H and O–H groups in total. The Morgan fingerprint density at radius 1 is 1.05 bits per heavy atom. The number of aryl methyl sites for hydroxylation is 1. The molecule has 2 aromatic rings. The van der Waals surface area contributed by atoms with E-state index in [2.05, 4.69) is 12.2 Å². The quantitative estimate of drug-likeness (QED) is 0.263. The topological polar surface area (TPSA) is 120 Å². The average Bonchev–Trinajstić information content (AvgIpc) is 3.30. The van der Waals surface area contributed by atoms with Crippen LogP contribution < -0.4 is 14.8 Å². The predicted octanol–water partition coefficient (Wildman–Crippen LogP) is 3.39. The van der Waals surface area contributed by atoms with E-state index in [0.717, 1.165) is 18.4 Å². The molecule has 0 radical (unpaired) electrons. The number of likely N-dealkylation sites (tertiary alicyclic amines) is 1. The monoisotopic (exact) mass is 534 g/mol. The van der Waals surface area contributed by atoms with Gasteiger partial charge >= 0.3 is 5.97 Å². The largest absolute Gasteiger partial charge is 0.493 e. The Morgan fingerprint density at radius 3 is 2.30 bits per heavy atom. The number of unbranched alkanes of at least 4 members (excludes halogenated alkanes) is 1. The van der Waals surface area contributed by atoms with Gasteiger partial charge in [0.2, 0.25) is 0 Å². The fourth-order valence-electron chi connectivity index (χ4n) is 4.15. The van der Waals surface area contributed by atoms with Crippen molar-refractivity contribution in [3.63, 3.8) is 0 Å². The van der Waals surface area contributed by atoms with Gasteiger partial charge in [-0.15, -0.1) is 0 Å². The van der Waals surface area contributed by atoms with Crippen molar-refractivity contribution in [2.75, 3.05) is 39.7 Å². The second-order valence-electron chi connectivity index (χ2n) is 8.75. The molecule has 37 heavy (non-hydrogen) atoms. The molecule has 1 fully saturated rings. The van der Waals surface area contributed by atoms with Gasteiger partial charge in [0.15, 0.2) is 11.5 Å². The molecule has 1 amide bonds. The Morgan fingerprint density at radius 2 is 1.70 bits per heavy atom. The fourth-order valence-corrected chi connectivity index (χ4v) is 5.23. The number of rotatable bonds is 11. The molecule has 1 saturated heterocycles. The van der Waals surface area contributed by atoms with E-state index >= 15 is 0 Å². The molecule has 0 spiro atoms. The van der Waals surface area contributed by atoms with Crippen LogP contribution in [0.15, 0.2) is 41.3 Å². The van der Waals surface area contributed by atoms with Gasteiger partial charge in [0.25, 0.3) is 16.0 Å². The van der Waals surface area contributed by atoms with Crippen molar-refractivity contribution in [3.05, 3.63) is 47.5 Å². The summed E-state index contributed by atoms with van der Waals surface area (Å²) in [4.78, 5) is 27.7. The summed E-state index contributed by atoms with van der Waals surface area (Å²) in [5, 5.41) is 3.25. The molecule has 10 nitrogen and oxygen atoms in total. The molecule has 0 bridgehead atoms. The van der Waals surface area contributed by atoms with Gasteiger partial charge in [0, 0.05) is 25.6 Å². The van der Waals surface area contributed by atoms with Gasteiger partial charge in [-0.05, 0) is 31.5 Å². The minimum atomic E-state index is -4.11. The molecule has 1 heterocycles. The summed E-state index contributed by atoms with van der Waals surface area (Å²) in [7, 11) is 0.0677. The Labute approximate surface area is 218 Å². The molecule has 3 rings (SSSR count).